The van der Waals surface area contributed by atoms with Crippen LogP contribution in [0.3, 0.4) is 0 Å². The number of halogens is 1. The maximum Gasteiger partial charge on any atom is 0.270 e. The summed E-state index contributed by atoms with van der Waals surface area (Å²) in [5.41, 5.74) is 1.19. The number of anilines is 1. The van der Waals surface area contributed by atoms with Crippen LogP contribution < -0.4 is 4.90 Å². The zero-order chi connectivity index (χ0) is 15.7. The van der Waals surface area contributed by atoms with Crippen molar-refractivity contribution in [1.82, 2.24) is 0 Å². The Hall–Kier alpha value is -2.18. The van der Waals surface area contributed by atoms with Gasteiger partial charge < -0.3 is 5.11 Å². The van der Waals surface area contributed by atoms with E-state index in [1.807, 2.05) is 0 Å². The van der Waals surface area contributed by atoms with Gasteiger partial charge in [0.25, 0.3) is 5.91 Å². The molecular weight excluding hydrogens is 321 g/mol. The number of rotatable bonds is 2. The largest absolute Gasteiger partial charge is 0.508 e. The van der Waals surface area contributed by atoms with Crippen molar-refractivity contribution in [2.45, 2.75) is 0 Å². The Morgan fingerprint density at radius 2 is 1.91 bits per heavy atom. The van der Waals surface area contributed by atoms with Crippen LogP contribution in [-0.2, 0) is 4.79 Å². The molecule has 1 fully saturated rings. The molecule has 1 aliphatic rings. The van der Waals surface area contributed by atoms with Gasteiger partial charge in [-0.05, 0) is 48.0 Å². The summed E-state index contributed by atoms with van der Waals surface area (Å²) in [5, 5.41) is 9.32. The molecule has 3 rings (SSSR count). The molecule has 1 N–H and O–H groups in total. The quantitative estimate of drug-likeness (QED) is 0.668. The second-order valence-corrected chi connectivity index (χ2v) is 6.26. The number of thioether (sulfide) groups is 1. The van der Waals surface area contributed by atoms with Crippen LogP contribution in [0.25, 0.3) is 6.08 Å². The first kappa shape index (κ1) is 14.7. The van der Waals surface area contributed by atoms with Gasteiger partial charge in [0.05, 0.1) is 10.6 Å². The highest BCUT2D eigenvalue weighted by molar-refractivity contribution is 8.27. The van der Waals surface area contributed by atoms with Gasteiger partial charge in [0.2, 0.25) is 0 Å². The number of benzene rings is 2. The van der Waals surface area contributed by atoms with Crippen LogP contribution in [0.5, 0.6) is 5.75 Å². The van der Waals surface area contributed by atoms with Gasteiger partial charge in [-0.25, -0.2) is 4.39 Å². The number of carbonyl (C=O) groups excluding carboxylic acids is 1. The number of carbonyl (C=O) groups is 1. The number of nitrogens with zero attached hydrogens (tertiary/aromatic N) is 1. The third-order valence-corrected chi connectivity index (χ3v) is 4.35. The standard InChI is InChI=1S/C16H10FNO2S2/c17-11-3-1-2-10(8-11)9-14-15(20)18(16(21)22-14)12-4-6-13(19)7-5-12/h1-9,19H. The van der Waals surface area contributed by atoms with Gasteiger partial charge in [-0.2, -0.15) is 0 Å². The summed E-state index contributed by atoms with van der Waals surface area (Å²) in [6.45, 7) is 0. The second-order valence-electron chi connectivity index (χ2n) is 4.59. The summed E-state index contributed by atoms with van der Waals surface area (Å²) in [4.78, 5) is 14.3. The lowest BCUT2D eigenvalue weighted by atomic mass is 10.2. The SMILES string of the molecule is O=C1C(=Cc2cccc(F)c2)SC(=S)N1c1ccc(O)cc1. The summed E-state index contributed by atoms with van der Waals surface area (Å²) in [5.74, 6) is -0.503. The average Bonchev–Trinajstić information content (AvgIpc) is 2.75. The van der Waals surface area contributed by atoms with Crippen LogP contribution >= 0.6 is 24.0 Å². The smallest absolute Gasteiger partial charge is 0.270 e. The summed E-state index contributed by atoms with van der Waals surface area (Å²) in [7, 11) is 0. The van der Waals surface area contributed by atoms with Crippen LogP contribution in [0.15, 0.2) is 53.4 Å². The summed E-state index contributed by atoms with van der Waals surface area (Å²) >= 11 is 6.41. The molecule has 0 saturated carbocycles. The first-order valence-corrected chi connectivity index (χ1v) is 7.59. The van der Waals surface area contributed by atoms with E-state index in [4.69, 9.17) is 12.2 Å². The van der Waals surface area contributed by atoms with Gasteiger partial charge in [0.15, 0.2) is 4.32 Å². The summed E-state index contributed by atoms with van der Waals surface area (Å²) in [6.07, 6.45) is 1.61. The number of hydrogen-bond acceptors (Lipinski definition) is 4. The fourth-order valence-corrected chi connectivity index (χ4v) is 3.34. The van der Waals surface area contributed by atoms with Crippen LogP contribution in [0.4, 0.5) is 10.1 Å². The van der Waals surface area contributed by atoms with Gasteiger partial charge in [-0.1, -0.05) is 36.1 Å². The zero-order valence-corrected chi connectivity index (χ0v) is 12.8. The van der Waals surface area contributed by atoms with Crippen molar-refractivity contribution in [3.8, 4) is 5.75 Å². The van der Waals surface area contributed by atoms with E-state index in [9.17, 15) is 14.3 Å². The van der Waals surface area contributed by atoms with E-state index in [0.717, 1.165) is 0 Å². The van der Waals surface area contributed by atoms with Crippen molar-refractivity contribution < 1.29 is 14.3 Å². The molecule has 0 aromatic heterocycles. The minimum absolute atomic E-state index is 0.115. The maximum absolute atomic E-state index is 13.2. The molecule has 0 radical (unpaired) electrons. The third kappa shape index (κ3) is 2.88. The number of phenols is 1. The van der Waals surface area contributed by atoms with E-state index in [-0.39, 0.29) is 17.5 Å². The van der Waals surface area contributed by atoms with Crippen molar-refractivity contribution in [3.05, 3.63) is 64.8 Å². The van der Waals surface area contributed by atoms with Gasteiger partial charge in [0, 0.05) is 0 Å². The van der Waals surface area contributed by atoms with Crippen LogP contribution in [0, 0.1) is 5.82 Å². The highest BCUT2D eigenvalue weighted by atomic mass is 32.2. The molecule has 1 saturated heterocycles. The molecule has 6 heteroatoms. The van der Waals surface area contributed by atoms with E-state index in [1.54, 1.807) is 30.3 Å². The number of thiocarbonyl (C=S) groups is 1. The molecular formula is C16H10FNO2S2. The molecule has 110 valence electrons. The Balaban J connectivity index is 1.93. The van der Waals surface area contributed by atoms with Gasteiger partial charge in [-0.15, -0.1) is 0 Å². The minimum atomic E-state index is -0.359. The fourth-order valence-electron chi connectivity index (χ4n) is 2.04. The van der Waals surface area contributed by atoms with Gasteiger partial charge in [0.1, 0.15) is 11.6 Å². The van der Waals surface area contributed by atoms with E-state index < -0.39 is 0 Å². The van der Waals surface area contributed by atoms with Gasteiger partial charge in [-0.3, -0.25) is 9.69 Å². The monoisotopic (exact) mass is 331 g/mol. The Morgan fingerprint density at radius 1 is 1.18 bits per heavy atom. The molecule has 3 nitrogen and oxygen atoms in total. The first-order chi connectivity index (χ1) is 10.5. The molecule has 1 amide bonds. The molecule has 0 spiro atoms. The molecule has 2 aromatic rings. The van der Waals surface area contributed by atoms with Crippen molar-refractivity contribution in [1.29, 1.82) is 0 Å². The molecule has 2 aromatic carbocycles. The van der Waals surface area contributed by atoms with Crippen LogP contribution in [-0.4, -0.2) is 15.3 Å². The Morgan fingerprint density at radius 3 is 2.59 bits per heavy atom. The van der Waals surface area contributed by atoms with Gasteiger partial charge >= 0.3 is 0 Å². The number of hydrogen-bond donors (Lipinski definition) is 1. The number of amides is 1. The number of aromatic hydroxyl groups is 1. The Labute approximate surface area is 136 Å². The van der Waals surface area contributed by atoms with Crippen molar-refractivity contribution >= 4 is 46.0 Å². The average molecular weight is 331 g/mol. The van der Waals surface area contributed by atoms with E-state index in [1.165, 1.54) is 40.9 Å². The zero-order valence-electron chi connectivity index (χ0n) is 11.2. The maximum atomic E-state index is 13.2. The lowest BCUT2D eigenvalue weighted by Gasteiger charge is -2.14. The summed E-state index contributed by atoms with van der Waals surface area (Å²) < 4.78 is 13.6. The molecule has 0 aliphatic carbocycles. The molecule has 0 bridgehead atoms. The third-order valence-electron chi connectivity index (χ3n) is 3.05. The molecule has 1 aliphatic heterocycles. The molecule has 22 heavy (non-hydrogen) atoms. The number of phenolic OH excluding ortho intramolecular Hbond substituents is 1. The van der Waals surface area contributed by atoms with E-state index >= 15 is 0 Å². The summed E-state index contributed by atoms with van der Waals surface area (Å²) in [6, 6.07) is 12.2. The van der Waals surface area contributed by atoms with Crippen molar-refractivity contribution in [2.24, 2.45) is 0 Å². The molecule has 0 atom stereocenters. The van der Waals surface area contributed by atoms with E-state index in [2.05, 4.69) is 0 Å². The highest BCUT2D eigenvalue weighted by Gasteiger charge is 2.33. The van der Waals surface area contributed by atoms with Crippen molar-refractivity contribution in [2.75, 3.05) is 4.90 Å². The van der Waals surface area contributed by atoms with Crippen molar-refractivity contribution in [3.63, 3.8) is 0 Å². The molecule has 1 heterocycles. The predicted molar refractivity (Wildman–Crippen MR) is 90.2 cm³/mol. The minimum Gasteiger partial charge on any atom is -0.508 e. The lowest BCUT2D eigenvalue weighted by Crippen LogP contribution is -2.27. The lowest BCUT2D eigenvalue weighted by molar-refractivity contribution is -0.113. The van der Waals surface area contributed by atoms with E-state index in [0.29, 0.717) is 20.5 Å². The fraction of sp³-hybridized carbons (Fsp3) is 0. The normalized spacial score (nSPS) is 16.6. The first-order valence-electron chi connectivity index (χ1n) is 6.37. The molecule has 0 unspecified atom stereocenters. The predicted octanol–water partition coefficient (Wildman–Crippen LogP) is 3.94. The Bertz CT molecular complexity index is 787. The topological polar surface area (TPSA) is 40.5 Å². The Kier molecular flexibility index (Phi) is 3.96. The van der Waals surface area contributed by atoms with Crippen LogP contribution in [0.1, 0.15) is 5.56 Å². The van der Waals surface area contributed by atoms with Crippen LogP contribution in [0.2, 0.25) is 0 Å². The highest BCUT2D eigenvalue weighted by Crippen LogP contribution is 2.36. The second kappa shape index (κ2) is 5.90.